The molecule has 3 rings (SSSR count). The Morgan fingerprint density at radius 1 is 1.15 bits per heavy atom. The van der Waals surface area contributed by atoms with E-state index in [1.165, 1.54) is 0 Å². The van der Waals surface area contributed by atoms with Crippen molar-refractivity contribution in [2.75, 3.05) is 12.1 Å². The van der Waals surface area contributed by atoms with Gasteiger partial charge in [-0.05, 0) is 43.2 Å². The molecule has 0 aromatic heterocycles. The Hall–Kier alpha value is -1.87. The van der Waals surface area contributed by atoms with E-state index in [0.29, 0.717) is 6.79 Å². The minimum absolute atomic E-state index is 0.128. The highest BCUT2D eigenvalue weighted by molar-refractivity contribution is 6.33. The summed E-state index contributed by atoms with van der Waals surface area (Å²) < 4.78 is 10.7. The van der Waals surface area contributed by atoms with Gasteiger partial charge in [0.15, 0.2) is 11.5 Å². The third-order valence-electron chi connectivity index (χ3n) is 3.48. The van der Waals surface area contributed by atoms with E-state index in [0.717, 1.165) is 33.3 Å². The lowest BCUT2D eigenvalue weighted by Crippen LogP contribution is -2.08. The molecule has 1 N–H and O–H groups in total. The van der Waals surface area contributed by atoms with Crippen LogP contribution in [0, 0.1) is 6.92 Å². The molecule has 4 heteroatoms. The lowest BCUT2D eigenvalue weighted by Gasteiger charge is -2.19. The van der Waals surface area contributed by atoms with Gasteiger partial charge in [-0.25, -0.2) is 0 Å². The molecule has 0 amide bonds. The monoisotopic (exact) mass is 289 g/mol. The highest BCUT2D eigenvalue weighted by atomic mass is 35.5. The molecule has 0 aliphatic carbocycles. The van der Waals surface area contributed by atoms with E-state index >= 15 is 0 Å². The van der Waals surface area contributed by atoms with Crippen LogP contribution in [0.3, 0.4) is 0 Å². The molecule has 3 nitrogen and oxygen atoms in total. The van der Waals surface area contributed by atoms with E-state index in [1.54, 1.807) is 0 Å². The molecule has 1 aliphatic heterocycles. The zero-order valence-corrected chi connectivity index (χ0v) is 12.2. The number of fused-ring (bicyclic) bond motifs is 1. The summed E-state index contributed by atoms with van der Waals surface area (Å²) >= 11 is 6.25. The van der Waals surface area contributed by atoms with Gasteiger partial charge in [0, 0.05) is 6.04 Å². The summed E-state index contributed by atoms with van der Waals surface area (Å²) in [5, 5.41) is 4.19. The first-order valence-electron chi connectivity index (χ1n) is 6.56. The second-order valence-corrected chi connectivity index (χ2v) is 5.32. The average Bonchev–Trinajstić information content (AvgIpc) is 2.90. The number of ether oxygens (including phenoxy) is 2. The van der Waals surface area contributed by atoms with Gasteiger partial charge in [-0.3, -0.25) is 0 Å². The van der Waals surface area contributed by atoms with Crippen LogP contribution >= 0.6 is 11.6 Å². The van der Waals surface area contributed by atoms with Crippen molar-refractivity contribution in [3.63, 3.8) is 0 Å². The Labute approximate surface area is 123 Å². The summed E-state index contributed by atoms with van der Waals surface area (Å²) in [6, 6.07) is 12.0. The van der Waals surface area contributed by atoms with Gasteiger partial charge in [-0.1, -0.05) is 29.8 Å². The molecule has 1 aliphatic rings. The highest BCUT2D eigenvalue weighted by Crippen LogP contribution is 2.36. The van der Waals surface area contributed by atoms with Crippen LogP contribution in [-0.2, 0) is 0 Å². The summed E-state index contributed by atoms with van der Waals surface area (Å²) in [7, 11) is 0. The van der Waals surface area contributed by atoms with Gasteiger partial charge in [0.05, 0.1) is 10.7 Å². The fraction of sp³-hybridized carbons (Fsp3) is 0.250. The van der Waals surface area contributed by atoms with Crippen LogP contribution < -0.4 is 14.8 Å². The largest absolute Gasteiger partial charge is 0.454 e. The maximum Gasteiger partial charge on any atom is 0.231 e. The number of hydrogen-bond donors (Lipinski definition) is 1. The summed E-state index contributed by atoms with van der Waals surface area (Å²) in [4.78, 5) is 0. The molecule has 20 heavy (non-hydrogen) atoms. The zero-order valence-electron chi connectivity index (χ0n) is 11.4. The Morgan fingerprint density at radius 3 is 2.75 bits per heavy atom. The number of para-hydroxylation sites is 1. The molecular weight excluding hydrogens is 274 g/mol. The van der Waals surface area contributed by atoms with Gasteiger partial charge in [-0.2, -0.15) is 0 Å². The van der Waals surface area contributed by atoms with Gasteiger partial charge in [0.1, 0.15) is 0 Å². The second-order valence-electron chi connectivity index (χ2n) is 4.91. The minimum Gasteiger partial charge on any atom is -0.454 e. The van der Waals surface area contributed by atoms with Crippen molar-refractivity contribution in [1.29, 1.82) is 0 Å². The molecule has 0 fully saturated rings. The average molecular weight is 290 g/mol. The fourth-order valence-corrected chi connectivity index (χ4v) is 2.57. The molecule has 104 valence electrons. The third kappa shape index (κ3) is 2.41. The molecule has 0 saturated heterocycles. The van der Waals surface area contributed by atoms with Crippen molar-refractivity contribution in [2.24, 2.45) is 0 Å². The predicted octanol–water partition coefficient (Wildman–Crippen LogP) is 4.55. The standard InChI is InChI=1S/C16H16ClNO2/c1-10-4-3-5-13(17)16(10)18-11(2)12-6-7-14-15(8-12)20-9-19-14/h3-8,11,18H,9H2,1-2H3. The number of anilines is 1. The predicted molar refractivity (Wildman–Crippen MR) is 80.8 cm³/mol. The van der Waals surface area contributed by atoms with Crippen LogP contribution in [-0.4, -0.2) is 6.79 Å². The second kappa shape index (κ2) is 5.25. The molecule has 0 saturated carbocycles. The van der Waals surface area contributed by atoms with Gasteiger partial charge in [0.25, 0.3) is 0 Å². The Kier molecular flexibility index (Phi) is 3.45. The number of halogens is 1. The SMILES string of the molecule is Cc1cccc(Cl)c1NC(C)c1ccc2c(c1)OCO2. The normalized spacial score (nSPS) is 14.2. The molecule has 2 aromatic carbocycles. The molecular formula is C16H16ClNO2. The lowest BCUT2D eigenvalue weighted by molar-refractivity contribution is 0.174. The maximum atomic E-state index is 6.25. The number of aryl methyl sites for hydroxylation is 1. The molecule has 1 unspecified atom stereocenters. The van der Waals surface area contributed by atoms with Crippen molar-refractivity contribution in [2.45, 2.75) is 19.9 Å². The molecule has 1 heterocycles. The quantitative estimate of drug-likeness (QED) is 0.899. The Balaban J connectivity index is 1.84. The van der Waals surface area contributed by atoms with Crippen molar-refractivity contribution in [3.8, 4) is 11.5 Å². The number of nitrogens with one attached hydrogen (secondary N) is 1. The Morgan fingerprint density at radius 2 is 1.95 bits per heavy atom. The molecule has 0 spiro atoms. The maximum absolute atomic E-state index is 6.25. The van der Waals surface area contributed by atoms with Gasteiger partial charge >= 0.3 is 0 Å². The number of benzene rings is 2. The Bertz CT molecular complexity index is 622. The first kappa shape index (κ1) is 13.1. The van der Waals surface area contributed by atoms with Crippen molar-refractivity contribution in [3.05, 3.63) is 52.5 Å². The summed E-state index contributed by atoms with van der Waals surface area (Å²) in [6.07, 6.45) is 0. The van der Waals surface area contributed by atoms with E-state index < -0.39 is 0 Å². The number of rotatable bonds is 3. The third-order valence-corrected chi connectivity index (χ3v) is 3.79. The van der Waals surface area contributed by atoms with Crippen LogP contribution in [0.15, 0.2) is 36.4 Å². The lowest BCUT2D eigenvalue weighted by atomic mass is 10.1. The van der Waals surface area contributed by atoms with E-state index in [1.807, 2.05) is 43.3 Å². The first-order valence-corrected chi connectivity index (χ1v) is 6.94. The van der Waals surface area contributed by atoms with Crippen molar-refractivity contribution >= 4 is 17.3 Å². The molecule has 0 bridgehead atoms. The van der Waals surface area contributed by atoms with Crippen LogP contribution in [0.25, 0.3) is 0 Å². The van der Waals surface area contributed by atoms with Crippen molar-refractivity contribution < 1.29 is 9.47 Å². The van der Waals surface area contributed by atoms with Gasteiger partial charge in [-0.15, -0.1) is 0 Å². The molecule has 2 aromatic rings. The van der Waals surface area contributed by atoms with E-state index in [2.05, 4.69) is 12.2 Å². The molecule has 0 radical (unpaired) electrons. The molecule has 1 atom stereocenters. The summed E-state index contributed by atoms with van der Waals surface area (Å²) in [6.45, 7) is 4.44. The fourth-order valence-electron chi connectivity index (χ4n) is 2.30. The zero-order chi connectivity index (χ0) is 14.1. The number of hydrogen-bond acceptors (Lipinski definition) is 3. The van der Waals surface area contributed by atoms with Crippen LogP contribution in [0.4, 0.5) is 5.69 Å². The van der Waals surface area contributed by atoms with E-state index in [4.69, 9.17) is 21.1 Å². The van der Waals surface area contributed by atoms with Gasteiger partial charge in [0.2, 0.25) is 6.79 Å². The smallest absolute Gasteiger partial charge is 0.231 e. The summed E-state index contributed by atoms with van der Waals surface area (Å²) in [5.74, 6) is 1.60. The summed E-state index contributed by atoms with van der Waals surface area (Å²) in [5.41, 5.74) is 3.23. The van der Waals surface area contributed by atoms with Gasteiger partial charge < -0.3 is 14.8 Å². The van der Waals surface area contributed by atoms with E-state index in [9.17, 15) is 0 Å². The van der Waals surface area contributed by atoms with Crippen LogP contribution in [0.2, 0.25) is 5.02 Å². The highest BCUT2D eigenvalue weighted by Gasteiger charge is 2.16. The van der Waals surface area contributed by atoms with E-state index in [-0.39, 0.29) is 6.04 Å². The first-order chi connectivity index (χ1) is 9.65. The van der Waals surface area contributed by atoms with Crippen LogP contribution in [0.5, 0.6) is 11.5 Å². The topological polar surface area (TPSA) is 30.5 Å². The minimum atomic E-state index is 0.128. The van der Waals surface area contributed by atoms with Crippen molar-refractivity contribution in [1.82, 2.24) is 0 Å². The van der Waals surface area contributed by atoms with Crippen LogP contribution in [0.1, 0.15) is 24.1 Å².